The molecule has 2 heterocycles. The molecule has 4 aromatic rings. The van der Waals surface area contributed by atoms with Crippen molar-refractivity contribution in [2.24, 2.45) is 0 Å². The van der Waals surface area contributed by atoms with E-state index in [1.54, 1.807) is 53.2 Å². The van der Waals surface area contributed by atoms with Crippen LogP contribution in [0, 0.1) is 0 Å². The molecule has 8 heteroatoms. The standard InChI is InChI=1S/C18H14ClN3O2S2/c1-25-18-16(26(23,24)14-5-3-2-4-6-14)17-20-15(11-22(17)21-18)12-7-9-13(19)10-8-12/h2-11,21H,1H3. The summed E-state index contributed by atoms with van der Waals surface area (Å²) < 4.78 is 28.0. The lowest BCUT2D eigenvalue weighted by Crippen LogP contribution is -2.03. The third-order valence-electron chi connectivity index (χ3n) is 4.00. The quantitative estimate of drug-likeness (QED) is 0.508. The van der Waals surface area contributed by atoms with E-state index in [1.165, 1.54) is 11.8 Å². The van der Waals surface area contributed by atoms with Crippen LogP contribution in [0.1, 0.15) is 0 Å². The number of aromatic amines is 1. The fourth-order valence-corrected chi connectivity index (χ4v) is 5.34. The van der Waals surface area contributed by atoms with E-state index in [1.807, 2.05) is 18.4 Å². The Labute approximate surface area is 159 Å². The van der Waals surface area contributed by atoms with Gasteiger partial charge in [0, 0.05) is 10.6 Å². The van der Waals surface area contributed by atoms with Gasteiger partial charge in [-0.05, 0) is 30.5 Å². The molecule has 0 saturated carbocycles. The predicted octanol–water partition coefficient (Wildman–Crippen LogP) is 4.54. The Morgan fingerprint density at radius 2 is 1.77 bits per heavy atom. The summed E-state index contributed by atoms with van der Waals surface area (Å²) in [5.41, 5.74) is 1.91. The van der Waals surface area contributed by atoms with Crippen LogP contribution < -0.4 is 0 Å². The number of fused-ring (bicyclic) bond motifs is 1. The van der Waals surface area contributed by atoms with Crippen molar-refractivity contribution in [2.75, 3.05) is 6.26 Å². The second-order valence-electron chi connectivity index (χ2n) is 5.62. The maximum Gasteiger partial charge on any atom is 0.212 e. The molecule has 0 aliphatic carbocycles. The van der Waals surface area contributed by atoms with Crippen LogP contribution in [0.2, 0.25) is 5.02 Å². The van der Waals surface area contributed by atoms with Crippen molar-refractivity contribution in [3.8, 4) is 11.3 Å². The van der Waals surface area contributed by atoms with E-state index in [4.69, 9.17) is 11.6 Å². The number of sulfone groups is 1. The number of aromatic nitrogens is 3. The van der Waals surface area contributed by atoms with Crippen LogP contribution in [0.15, 0.2) is 75.6 Å². The highest BCUT2D eigenvalue weighted by atomic mass is 35.5. The highest BCUT2D eigenvalue weighted by Gasteiger charge is 2.28. The Morgan fingerprint density at radius 1 is 1.08 bits per heavy atom. The molecule has 4 rings (SSSR count). The summed E-state index contributed by atoms with van der Waals surface area (Å²) in [6.07, 6.45) is 3.61. The molecule has 0 saturated heterocycles. The van der Waals surface area contributed by atoms with Crippen molar-refractivity contribution in [3.63, 3.8) is 0 Å². The van der Waals surface area contributed by atoms with E-state index in [-0.39, 0.29) is 9.79 Å². The molecule has 0 atom stereocenters. The largest absolute Gasteiger partial charge is 0.285 e. The minimum absolute atomic E-state index is 0.191. The van der Waals surface area contributed by atoms with Gasteiger partial charge in [0.05, 0.1) is 16.8 Å². The Morgan fingerprint density at radius 3 is 2.42 bits per heavy atom. The summed E-state index contributed by atoms with van der Waals surface area (Å²) in [4.78, 5) is 5.00. The molecule has 0 bridgehead atoms. The van der Waals surface area contributed by atoms with Crippen LogP contribution in [0.3, 0.4) is 0 Å². The molecule has 5 nitrogen and oxygen atoms in total. The lowest BCUT2D eigenvalue weighted by atomic mass is 10.2. The number of hydrogen-bond donors (Lipinski definition) is 1. The summed E-state index contributed by atoms with van der Waals surface area (Å²) in [6, 6.07) is 15.6. The van der Waals surface area contributed by atoms with Gasteiger partial charge in [-0.2, -0.15) is 0 Å². The zero-order valence-corrected chi connectivity index (χ0v) is 16.1. The van der Waals surface area contributed by atoms with Gasteiger partial charge in [-0.15, -0.1) is 11.8 Å². The Hall–Kier alpha value is -2.22. The highest BCUT2D eigenvalue weighted by molar-refractivity contribution is 7.99. The number of halogens is 1. The van der Waals surface area contributed by atoms with Gasteiger partial charge in [0.2, 0.25) is 9.84 Å². The number of nitrogens with one attached hydrogen (secondary N) is 1. The van der Waals surface area contributed by atoms with Crippen LogP contribution >= 0.6 is 23.4 Å². The van der Waals surface area contributed by atoms with Crippen LogP contribution in [0.25, 0.3) is 16.9 Å². The van der Waals surface area contributed by atoms with Gasteiger partial charge in [-0.1, -0.05) is 41.9 Å². The third kappa shape index (κ3) is 2.82. The van der Waals surface area contributed by atoms with Crippen molar-refractivity contribution in [2.45, 2.75) is 14.8 Å². The molecule has 132 valence electrons. The van der Waals surface area contributed by atoms with Crippen molar-refractivity contribution >= 4 is 38.8 Å². The van der Waals surface area contributed by atoms with Gasteiger partial charge < -0.3 is 0 Å². The minimum atomic E-state index is -3.70. The van der Waals surface area contributed by atoms with E-state index < -0.39 is 9.84 Å². The number of thioether (sulfide) groups is 1. The van der Waals surface area contributed by atoms with Gasteiger partial charge in [-0.25, -0.2) is 17.9 Å². The van der Waals surface area contributed by atoms with E-state index in [9.17, 15) is 8.42 Å². The summed E-state index contributed by atoms with van der Waals surface area (Å²) in [6.45, 7) is 0. The van der Waals surface area contributed by atoms with Gasteiger partial charge in [0.1, 0.15) is 9.92 Å². The first-order valence-electron chi connectivity index (χ1n) is 7.72. The molecule has 0 amide bonds. The average Bonchev–Trinajstić information content (AvgIpc) is 3.20. The van der Waals surface area contributed by atoms with Crippen molar-refractivity contribution < 1.29 is 8.42 Å². The summed E-state index contributed by atoms with van der Waals surface area (Å²) in [5.74, 6) is 0. The minimum Gasteiger partial charge on any atom is -0.285 e. The molecular weight excluding hydrogens is 390 g/mol. The normalized spacial score (nSPS) is 11.9. The van der Waals surface area contributed by atoms with E-state index in [0.29, 0.717) is 21.4 Å². The third-order valence-corrected chi connectivity index (χ3v) is 6.91. The molecule has 0 aliphatic heterocycles. The summed E-state index contributed by atoms with van der Waals surface area (Å²) in [7, 11) is -3.70. The Balaban J connectivity index is 1.92. The number of hydrogen-bond acceptors (Lipinski definition) is 4. The first-order chi connectivity index (χ1) is 12.5. The highest BCUT2D eigenvalue weighted by Crippen LogP contribution is 2.34. The molecule has 0 radical (unpaired) electrons. The molecule has 0 unspecified atom stereocenters. The Bertz CT molecular complexity index is 1180. The van der Waals surface area contributed by atoms with E-state index in [0.717, 1.165) is 5.56 Å². The summed E-state index contributed by atoms with van der Waals surface area (Å²) >= 11 is 7.27. The Kier molecular flexibility index (Phi) is 4.30. The number of rotatable bonds is 4. The molecule has 2 aromatic carbocycles. The molecular formula is C18H14ClN3O2S2. The van der Waals surface area contributed by atoms with Crippen molar-refractivity contribution in [1.29, 1.82) is 0 Å². The van der Waals surface area contributed by atoms with Crippen LogP contribution in [0.4, 0.5) is 0 Å². The number of imidazole rings is 1. The number of H-pyrrole nitrogens is 1. The van der Waals surface area contributed by atoms with E-state index in [2.05, 4.69) is 10.1 Å². The molecule has 1 N–H and O–H groups in total. The van der Waals surface area contributed by atoms with Crippen LogP contribution in [-0.4, -0.2) is 29.3 Å². The second kappa shape index (κ2) is 6.50. The van der Waals surface area contributed by atoms with Crippen LogP contribution in [-0.2, 0) is 9.84 Å². The molecule has 26 heavy (non-hydrogen) atoms. The lowest BCUT2D eigenvalue weighted by Gasteiger charge is -2.04. The monoisotopic (exact) mass is 403 g/mol. The van der Waals surface area contributed by atoms with Gasteiger partial charge >= 0.3 is 0 Å². The van der Waals surface area contributed by atoms with Crippen LogP contribution in [0.5, 0.6) is 0 Å². The predicted molar refractivity (Wildman–Crippen MR) is 104 cm³/mol. The fraction of sp³-hybridized carbons (Fsp3) is 0.0556. The molecule has 0 spiro atoms. The topological polar surface area (TPSA) is 67.2 Å². The van der Waals surface area contributed by atoms with E-state index >= 15 is 0 Å². The summed E-state index contributed by atoms with van der Waals surface area (Å²) in [5, 5.41) is 4.29. The smallest absolute Gasteiger partial charge is 0.212 e. The maximum atomic E-state index is 13.2. The van der Waals surface area contributed by atoms with Gasteiger partial charge in [-0.3, -0.25) is 5.10 Å². The first-order valence-corrected chi connectivity index (χ1v) is 10.8. The van der Waals surface area contributed by atoms with Gasteiger partial charge in [0.15, 0.2) is 5.65 Å². The van der Waals surface area contributed by atoms with Crippen molar-refractivity contribution in [3.05, 3.63) is 65.8 Å². The zero-order chi connectivity index (χ0) is 18.3. The maximum absolute atomic E-state index is 13.2. The SMILES string of the molecule is CSc1[nH]n2cc(-c3ccc(Cl)cc3)nc2c1S(=O)(=O)c1ccccc1. The second-order valence-corrected chi connectivity index (χ2v) is 8.76. The number of benzene rings is 2. The molecule has 0 fully saturated rings. The molecule has 2 aromatic heterocycles. The van der Waals surface area contributed by atoms with Crippen molar-refractivity contribution in [1.82, 2.24) is 14.6 Å². The molecule has 0 aliphatic rings. The zero-order valence-electron chi connectivity index (χ0n) is 13.7. The first kappa shape index (κ1) is 17.2. The van der Waals surface area contributed by atoms with Gasteiger partial charge in [0.25, 0.3) is 0 Å². The fourth-order valence-electron chi connectivity index (χ4n) is 2.75. The lowest BCUT2D eigenvalue weighted by molar-refractivity contribution is 0.594. The number of nitrogens with zero attached hydrogens (tertiary/aromatic N) is 2. The average molecular weight is 404 g/mol.